The first-order valence-corrected chi connectivity index (χ1v) is 10.2. The molecular weight excluding hydrogens is 359 g/mol. The third-order valence-corrected chi connectivity index (χ3v) is 5.13. The third-order valence-electron chi connectivity index (χ3n) is 4.07. The number of amidine groups is 2. The summed E-state index contributed by atoms with van der Waals surface area (Å²) < 4.78 is 31.9. The van der Waals surface area contributed by atoms with Crippen LogP contribution in [0.5, 0.6) is 0 Å². The van der Waals surface area contributed by atoms with E-state index < -0.39 is 9.73 Å². The number of hydrogen-bond donors (Lipinski definition) is 6. The molecule has 2 rings (SSSR count). The molecule has 6 N–H and O–H groups in total. The van der Waals surface area contributed by atoms with Crippen LogP contribution in [-0.2, 0) is 16.1 Å². The van der Waals surface area contributed by atoms with Crippen molar-refractivity contribution in [2.75, 3.05) is 18.6 Å². The smallest absolute Gasteiger partial charge is 0.194 e. The van der Waals surface area contributed by atoms with Gasteiger partial charge in [0.2, 0.25) is 0 Å². The summed E-state index contributed by atoms with van der Waals surface area (Å²) in [6, 6.07) is 4.25. The van der Waals surface area contributed by atoms with Crippen LogP contribution in [-0.4, -0.2) is 45.4 Å². The number of nitrogens with one attached hydrogen (secondary N) is 5. The summed E-state index contributed by atoms with van der Waals surface area (Å²) >= 11 is 0. The number of fused-ring (bicyclic) bond motifs is 1. The number of hydrogen-bond acceptors (Lipinski definition) is 6. The lowest BCUT2D eigenvalue weighted by Gasteiger charge is -2.31. The molecule has 0 spiro atoms. The van der Waals surface area contributed by atoms with Crippen molar-refractivity contribution in [3.63, 3.8) is 0 Å². The molecule has 1 aromatic carbocycles. The van der Waals surface area contributed by atoms with Crippen molar-refractivity contribution >= 4 is 27.1 Å². The maximum Gasteiger partial charge on any atom is 0.194 e. The summed E-state index contributed by atoms with van der Waals surface area (Å²) in [6.45, 7) is 0.363. The zero-order valence-electron chi connectivity index (χ0n) is 14.4. The van der Waals surface area contributed by atoms with E-state index in [4.69, 9.17) is 20.8 Å². The summed E-state index contributed by atoms with van der Waals surface area (Å²) in [5.74, 6) is -0.440. The monoisotopic (exact) mass is 382 g/mol. The predicted molar refractivity (Wildman–Crippen MR) is 99.5 cm³/mol. The second-order valence-electron chi connectivity index (χ2n) is 6.29. The molecule has 142 valence electrons. The summed E-state index contributed by atoms with van der Waals surface area (Å²) in [7, 11) is -2.52. The Balaban J connectivity index is 1.82. The van der Waals surface area contributed by atoms with Crippen molar-refractivity contribution in [2.24, 2.45) is 5.16 Å². The van der Waals surface area contributed by atoms with Crippen molar-refractivity contribution in [2.45, 2.75) is 25.3 Å². The van der Waals surface area contributed by atoms with Gasteiger partial charge in [0, 0.05) is 28.3 Å². The Morgan fingerprint density at radius 3 is 2.81 bits per heavy atom. The first-order valence-electron chi connectivity index (χ1n) is 8.11. The number of benzene rings is 1. The molecule has 0 saturated heterocycles. The minimum absolute atomic E-state index is 0.149. The molecule has 1 aromatic rings. The number of rotatable bonds is 8. The van der Waals surface area contributed by atoms with Gasteiger partial charge in [-0.25, -0.2) is 4.39 Å². The molecule has 0 aromatic heterocycles. The highest BCUT2D eigenvalue weighted by atomic mass is 32.2. The van der Waals surface area contributed by atoms with Gasteiger partial charge in [0.1, 0.15) is 17.4 Å². The van der Waals surface area contributed by atoms with Crippen LogP contribution < -0.4 is 10.6 Å². The van der Waals surface area contributed by atoms with Gasteiger partial charge in [-0.15, -0.1) is 0 Å². The van der Waals surface area contributed by atoms with Crippen molar-refractivity contribution in [3.8, 4) is 0 Å². The van der Waals surface area contributed by atoms with Crippen LogP contribution in [0.3, 0.4) is 0 Å². The topological polar surface area (TPSA) is 145 Å². The van der Waals surface area contributed by atoms with E-state index >= 15 is 0 Å². The first kappa shape index (κ1) is 19.8. The Labute approximate surface area is 151 Å². The predicted octanol–water partition coefficient (Wildman–Crippen LogP) is 1.84. The molecule has 0 bridgehead atoms. The van der Waals surface area contributed by atoms with Gasteiger partial charge in [0.05, 0.1) is 6.04 Å². The molecule has 2 atom stereocenters. The lowest BCUT2D eigenvalue weighted by atomic mass is 9.83. The zero-order valence-corrected chi connectivity index (χ0v) is 15.3. The molecule has 1 unspecified atom stereocenters. The Morgan fingerprint density at radius 1 is 1.42 bits per heavy atom. The van der Waals surface area contributed by atoms with Gasteiger partial charge in [-0.05, 0) is 42.5 Å². The van der Waals surface area contributed by atoms with Crippen molar-refractivity contribution < 1.29 is 13.8 Å². The highest BCUT2D eigenvalue weighted by Crippen LogP contribution is 2.33. The summed E-state index contributed by atoms with van der Waals surface area (Å²) in [6.07, 6.45) is 3.17. The molecule has 8 nitrogen and oxygen atoms in total. The molecule has 0 radical (unpaired) electrons. The van der Waals surface area contributed by atoms with Gasteiger partial charge >= 0.3 is 0 Å². The van der Waals surface area contributed by atoms with Crippen LogP contribution in [0.15, 0.2) is 23.4 Å². The van der Waals surface area contributed by atoms with Crippen molar-refractivity contribution in [3.05, 3.63) is 35.1 Å². The van der Waals surface area contributed by atoms with E-state index in [0.717, 1.165) is 11.1 Å². The van der Waals surface area contributed by atoms with Crippen LogP contribution in [0.2, 0.25) is 0 Å². The molecule has 0 amide bonds. The highest BCUT2D eigenvalue weighted by molar-refractivity contribution is 7.91. The van der Waals surface area contributed by atoms with Gasteiger partial charge in [0.25, 0.3) is 0 Å². The fourth-order valence-corrected chi connectivity index (χ4v) is 3.41. The summed E-state index contributed by atoms with van der Waals surface area (Å²) in [4.78, 5) is 0. The highest BCUT2D eigenvalue weighted by Gasteiger charge is 2.28. The standard InChI is InChI=1S/C16H23FN6O2S/c1-26(20,25)7-3-2-6-21-16(23-24)14(18)15(19)22-13-8-10-4-5-11(17)9-12(10)13/h4-5,9,13,18,20,24H,2-3,6-8H2,1H3,(H2,19,22)(H,21,23)/t13-,26?/m0/s1. The zero-order chi connectivity index (χ0) is 19.3. The first-order chi connectivity index (χ1) is 12.2. The lowest BCUT2D eigenvalue weighted by Crippen LogP contribution is -2.45. The molecular formula is C16H23FN6O2S. The second-order valence-corrected chi connectivity index (χ2v) is 8.70. The van der Waals surface area contributed by atoms with E-state index in [1.807, 2.05) is 0 Å². The van der Waals surface area contributed by atoms with E-state index in [0.29, 0.717) is 25.8 Å². The SMILES string of the molecule is CS(=N)(=O)CCCCN/C(=N/O)C(=N)C(=N)N[C@H]1Cc2ccc(F)cc21. The van der Waals surface area contributed by atoms with E-state index in [1.165, 1.54) is 18.4 Å². The number of halogens is 1. The summed E-state index contributed by atoms with van der Waals surface area (Å²) in [5, 5.41) is 33.6. The number of nitrogens with zero attached hydrogens (tertiary/aromatic N) is 1. The molecule has 1 aliphatic rings. The Bertz CT molecular complexity index is 837. The maximum atomic E-state index is 13.3. The molecule has 10 heteroatoms. The molecule has 0 heterocycles. The fraction of sp³-hybridized carbons (Fsp3) is 0.438. The van der Waals surface area contributed by atoms with Crippen LogP contribution in [0.1, 0.15) is 30.0 Å². The molecule has 26 heavy (non-hydrogen) atoms. The maximum absolute atomic E-state index is 13.3. The van der Waals surface area contributed by atoms with Crippen LogP contribution in [0, 0.1) is 21.4 Å². The average Bonchev–Trinajstić information content (AvgIpc) is 2.56. The average molecular weight is 382 g/mol. The fourth-order valence-electron chi connectivity index (χ4n) is 2.65. The van der Waals surface area contributed by atoms with Gasteiger partial charge in [0.15, 0.2) is 5.84 Å². The Hall–Kier alpha value is -2.49. The van der Waals surface area contributed by atoms with E-state index in [-0.39, 0.29) is 35.0 Å². The van der Waals surface area contributed by atoms with E-state index in [9.17, 15) is 8.60 Å². The third kappa shape index (κ3) is 5.25. The van der Waals surface area contributed by atoms with Gasteiger partial charge < -0.3 is 15.8 Å². The largest absolute Gasteiger partial charge is 0.409 e. The van der Waals surface area contributed by atoms with Crippen LogP contribution >= 0.6 is 0 Å². The van der Waals surface area contributed by atoms with Crippen molar-refractivity contribution in [1.29, 1.82) is 15.6 Å². The number of unbranched alkanes of at least 4 members (excludes halogenated alkanes) is 1. The minimum Gasteiger partial charge on any atom is -0.409 e. The number of oxime groups is 1. The van der Waals surface area contributed by atoms with Gasteiger partial charge in [-0.3, -0.25) is 19.8 Å². The van der Waals surface area contributed by atoms with Crippen LogP contribution in [0.25, 0.3) is 0 Å². The van der Waals surface area contributed by atoms with Gasteiger partial charge in [-0.1, -0.05) is 11.2 Å². The van der Waals surface area contributed by atoms with Gasteiger partial charge in [-0.2, -0.15) is 0 Å². The van der Waals surface area contributed by atoms with E-state index in [1.54, 1.807) is 6.07 Å². The molecule has 1 aliphatic carbocycles. The second kappa shape index (κ2) is 8.26. The molecule has 0 aliphatic heterocycles. The molecule has 0 saturated carbocycles. The van der Waals surface area contributed by atoms with Crippen molar-refractivity contribution in [1.82, 2.24) is 10.6 Å². The quantitative estimate of drug-likeness (QED) is 0.134. The Morgan fingerprint density at radius 2 is 2.15 bits per heavy atom. The lowest BCUT2D eigenvalue weighted by molar-refractivity contribution is 0.317. The van der Waals surface area contributed by atoms with Crippen LogP contribution in [0.4, 0.5) is 4.39 Å². The van der Waals surface area contributed by atoms with E-state index in [2.05, 4.69) is 15.8 Å². The minimum atomic E-state index is -2.52. The summed E-state index contributed by atoms with van der Waals surface area (Å²) in [5.41, 5.74) is 1.45. The molecule has 0 fully saturated rings. The normalized spacial score (nSPS) is 18.2. The Kier molecular flexibility index (Phi) is 6.30.